The number of amides is 2. The Kier molecular flexibility index (Phi) is 4.15. The molecule has 134 valence electrons. The summed E-state index contributed by atoms with van der Waals surface area (Å²) in [7, 11) is -1.70. The summed E-state index contributed by atoms with van der Waals surface area (Å²) in [5.74, 6) is -1.08. The van der Waals surface area contributed by atoms with Gasteiger partial charge in [-0.2, -0.15) is 5.10 Å². The van der Waals surface area contributed by atoms with Gasteiger partial charge in [-0.05, 0) is 31.0 Å². The lowest BCUT2D eigenvalue weighted by Crippen LogP contribution is -2.27. The van der Waals surface area contributed by atoms with Crippen LogP contribution in [-0.4, -0.2) is 43.8 Å². The van der Waals surface area contributed by atoms with Gasteiger partial charge in [0, 0.05) is 42.1 Å². The van der Waals surface area contributed by atoms with Crippen LogP contribution in [0.2, 0.25) is 0 Å². The summed E-state index contributed by atoms with van der Waals surface area (Å²) in [6, 6.07) is 4.23. The maximum atomic E-state index is 14.3. The van der Waals surface area contributed by atoms with E-state index < -0.39 is 22.7 Å². The molecule has 0 bridgehead atoms. The third kappa shape index (κ3) is 2.94. The molecule has 1 fully saturated rings. The van der Waals surface area contributed by atoms with Crippen LogP contribution in [0.4, 0.5) is 4.39 Å². The molecule has 1 aromatic carbocycles. The van der Waals surface area contributed by atoms with Crippen molar-refractivity contribution < 1.29 is 18.2 Å². The van der Waals surface area contributed by atoms with Crippen LogP contribution in [0.5, 0.6) is 0 Å². The molecule has 1 saturated heterocycles. The molecule has 0 spiro atoms. The van der Waals surface area contributed by atoms with Crippen molar-refractivity contribution in [2.75, 3.05) is 13.1 Å². The fourth-order valence-electron chi connectivity index (χ4n) is 3.05. The fourth-order valence-corrected chi connectivity index (χ4v) is 3.88. The molecule has 2 aliphatic rings. The van der Waals surface area contributed by atoms with Crippen LogP contribution in [0.3, 0.4) is 0 Å². The van der Waals surface area contributed by atoms with E-state index in [0.29, 0.717) is 24.2 Å². The summed E-state index contributed by atoms with van der Waals surface area (Å²) >= 11 is 0. The number of hydrogen-bond acceptors (Lipinski definition) is 4. The molecular formula is C17H15FN4O3S. The van der Waals surface area contributed by atoms with E-state index in [4.69, 9.17) is 0 Å². The van der Waals surface area contributed by atoms with Crippen molar-refractivity contribution in [3.8, 4) is 11.1 Å². The van der Waals surface area contributed by atoms with Gasteiger partial charge in [-0.3, -0.25) is 14.3 Å². The molecule has 2 aliphatic heterocycles. The van der Waals surface area contributed by atoms with Gasteiger partial charge in [0.2, 0.25) is 0 Å². The van der Waals surface area contributed by atoms with Crippen molar-refractivity contribution in [2.45, 2.75) is 12.8 Å². The van der Waals surface area contributed by atoms with Crippen molar-refractivity contribution in [1.82, 2.24) is 19.4 Å². The average Bonchev–Trinajstić information content (AvgIpc) is 3.35. The highest BCUT2D eigenvalue weighted by molar-refractivity contribution is 7.93. The standard InChI is InChI=1S/C17H15FN4O3S/c18-14-4-3-11(17(24)21-5-1-2-6-21)7-13(14)12-9-19-22(10-12)16-8-15(23)20-26(16)25/h3-4,7-10H,1-2,5-6H2,(H,20,23). The Hall–Kier alpha value is -2.81. The van der Waals surface area contributed by atoms with Crippen molar-refractivity contribution in [3.05, 3.63) is 48.0 Å². The van der Waals surface area contributed by atoms with E-state index in [1.54, 1.807) is 4.90 Å². The van der Waals surface area contributed by atoms with Crippen LogP contribution >= 0.6 is 0 Å². The lowest BCUT2D eigenvalue weighted by Gasteiger charge is -2.15. The SMILES string of the molecule is O=C1C=C(n2cc(-c3cc(C(=O)N4CCCC4)ccc3F)cn2)S(=O)N1. The second-order valence-corrected chi connectivity index (χ2v) is 7.24. The Morgan fingerprint density at radius 3 is 2.73 bits per heavy atom. The van der Waals surface area contributed by atoms with Crippen LogP contribution < -0.4 is 4.72 Å². The molecule has 1 unspecified atom stereocenters. The molecule has 4 rings (SSSR count). The maximum Gasteiger partial charge on any atom is 0.258 e. The van der Waals surface area contributed by atoms with Crippen molar-refractivity contribution in [1.29, 1.82) is 0 Å². The Balaban J connectivity index is 1.67. The predicted molar refractivity (Wildman–Crippen MR) is 93.3 cm³/mol. The molecule has 0 saturated carbocycles. The second kappa shape index (κ2) is 6.49. The van der Waals surface area contributed by atoms with Gasteiger partial charge in [-0.1, -0.05) is 0 Å². The van der Waals surface area contributed by atoms with E-state index in [0.717, 1.165) is 12.8 Å². The van der Waals surface area contributed by atoms with E-state index in [1.165, 1.54) is 41.4 Å². The van der Waals surface area contributed by atoms with Crippen LogP contribution in [0.15, 0.2) is 36.7 Å². The molecule has 7 nitrogen and oxygen atoms in total. The summed E-state index contributed by atoms with van der Waals surface area (Å²) in [6.07, 6.45) is 6.02. The maximum absolute atomic E-state index is 14.3. The highest BCUT2D eigenvalue weighted by atomic mass is 32.2. The van der Waals surface area contributed by atoms with Crippen molar-refractivity contribution >= 4 is 27.8 Å². The quantitative estimate of drug-likeness (QED) is 0.883. The van der Waals surface area contributed by atoms with E-state index in [2.05, 4.69) is 9.82 Å². The number of carbonyl (C=O) groups is 2. The van der Waals surface area contributed by atoms with Crippen LogP contribution in [-0.2, 0) is 15.8 Å². The Labute approximate surface area is 151 Å². The monoisotopic (exact) mass is 374 g/mol. The number of aromatic nitrogens is 2. The van der Waals surface area contributed by atoms with Crippen molar-refractivity contribution in [3.63, 3.8) is 0 Å². The zero-order valence-electron chi connectivity index (χ0n) is 13.6. The minimum atomic E-state index is -1.70. The number of carbonyl (C=O) groups excluding carboxylic acids is 2. The second-order valence-electron chi connectivity index (χ2n) is 6.09. The van der Waals surface area contributed by atoms with Gasteiger partial charge in [0.1, 0.15) is 5.82 Å². The molecule has 2 amide bonds. The zero-order valence-corrected chi connectivity index (χ0v) is 14.5. The Morgan fingerprint density at radius 1 is 1.27 bits per heavy atom. The van der Waals surface area contributed by atoms with Crippen LogP contribution in [0.1, 0.15) is 23.2 Å². The van der Waals surface area contributed by atoms with Gasteiger partial charge in [-0.15, -0.1) is 0 Å². The number of benzene rings is 1. The minimum absolute atomic E-state index is 0.120. The number of likely N-dealkylation sites (tertiary alicyclic amines) is 1. The average molecular weight is 374 g/mol. The highest BCUT2D eigenvalue weighted by Gasteiger charge is 2.23. The molecule has 2 aromatic rings. The lowest BCUT2D eigenvalue weighted by molar-refractivity contribution is -0.114. The minimum Gasteiger partial charge on any atom is -0.339 e. The molecule has 26 heavy (non-hydrogen) atoms. The summed E-state index contributed by atoms with van der Waals surface area (Å²) in [6.45, 7) is 1.43. The van der Waals surface area contributed by atoms with E-state index in [9.17, 15) is 18.2 Å². The number of halogens is 1. The zero-order chi connectivity index (χ0) is 18.3. The Bertz CT molecular complexity index is 963. The van der Waals surface area contributed by atoms with Gasteiger partial charge in [-0.25, -0.2) is 13.3 Å². The number of rotatable bonds is 3. The van der Waals surface area contributed by atoms with Gasteiger partial charge in [0.25, 0.3) is 11.8 Å². The summed E-state index contributed by atoms with van der Waals surface area (Å²) in [5.41, 5.74) is 1.07. The molecule has 1 aromatic heterocycles. The number of nitrogens with zero attached hydrogens (tertiary/aromatic N) is 3. The first-order chi connectivity index (χ1) is 12.5. The smallest absolute Gasteiger partial charge is 0.258 e. The first-order valence-electron chi connectivity index (χ1n) is 8.11. The topological polar surface area (TPSA) is 84.3 Å². The molecular weight excluding hydrogens is 359 g/mol. The van der Waals surface area contributed by atoms with Gasteiger partial charge >= 0.3 is 0 Å². The van der Waals surface area contributed by atoms with Crippen LogP contribution in [0, 0.1) is 5.82 Å². The fraction of sp³-hybridized carbons (Fsp3) is 0.235. The highest BCUT2D eigenvalue weighted by Crippen LogP contribution is 2.26. The first kappa shape index (κ1) is 16.6. The predicted octanol–water partition coefficient (Wildman–Crippen LogP) is 1.52. The Morgan fingerprint density at radius 2 is 2.04 bits per heavy atom. The summed E-state index contributed by atoms with van der Waals surface area (Å²) in [4.78, 5) is 25.6. The normalized spacial score (nSPS) is 19.6. The lowest BCUT2D eigenvalue weighted by atomic mass is 10.0. The number of nitrogens with one attached hydrogen (secondary N) is 1. The van der Waals surface area contributed by atoms with Gasteiger partial charge in [0.15, 0.2) is 16.0 Å². The van der Waals surface area contributed by atoms with E-state index in [-0.39, 0.29) is 16.5 Å². The van der Waals surface area contributed by atoms with Gasteiger partial charge < -0.3 is 4.90 Å². The van der Waals surface area contributed by atoms with E-state index in [1.807, 2.05) is 0 Å². The van der Waals surface area contributed by atoms with E-state index >= 15 is 0 Å². The molecule has 1 atom stereocenters. The van der Waals surface area contributed by atoms with Crippen LogP contribution in [0.25, 0.3) is 16.2 Å². The molecule has 1 N–H and O–H groups in total. The molecule has 0 radical (unpaired) electrons. The first-order valence-corrected chi connectivity index (χ1v) is 9.26. The number of hydrogen-bond donors (Lipinski definition) is 1. The molecule has 9 heteroatoms. The van der Waals surface area contributed by atoms with Gasteiger partial charge in [0.05, 0.1) is 6.20 Å². The summed E-state index contributed by atoms with van der Waals surface area (Å²) < 4.78 is 29.6. The molecule has 3 heterocycles. The summed E-state index contributed by atoms with van der Waals surface area (Å²) in [5, 5.41) is 4.23. The third-order valence-electron chi connectivity index (χ3n) is 4.36. The molecule has 0 aliphatic carbocycles. The third-order valence-corrected chi connectivity index (χ3v) is 5.44. The largest absolute Gasteiger partial charge is 0.339 e. The van der Waals surface area contributed by atoms with Crippen molar-refractivity contribution in [2.24, 2.45) is 0 Å².